The molecule has 0 atom stereocenters. The maximum atomic E-state index is 12.7. The van der Waals surface area contributed by atoms with Gasteiger partial charge in [-0.05, 0) is 36.2 Å². The monoisotopic (exact) mass is 304 g/mol. The Bertz CT molecular complexity index is 650. The summed E-state index contributed by atoms with van der Waals surface area (Å²) in [6.07, 6.45) is 2.30. The zero-order valence-corrected chi connectivity index (χ0v) is 12.2. The molecule has 0 saturated carbocycles. The van der Waals surface area contributed by atoms with E-state index in [1.54, 1.807) is 42.1 Å². The third-order valence-electron chi connectivity index (χ3n) is 3.14. The van der Waals surface area contributed by atoms with Crippen molar-refractivity contribution in [3.63, 3.8) is 0 Å². The second-order valence-corrected chi connectivity index (χ2v) is 4.81. The van der Waals surface area contributed by atoms with Crippen LogP contribution in [0.3, 0.4) is 0 Å². The summed E-state index contributed by atoms with van der Waals surface area (Å²) in [5.41, 5.74) is 1.31. The van der Waals surface area contributed by atoms with E-state index in [0.29, 0.717) is 18.7 Å². The Balaban J connectivity index is 1.69. The van der Waals surface area contributed by atoms with Gasteiger partial charge >= 0.3 is 5.97 Å². The summed E-state index contributed by atoms with van der Waals surface area (Å²) in [6.45, 7) is 0.0690. The van der Waals surface area contributed by atoms with Crippen LogP contribution in [-0.4, -0.2) is 29.6 Å². The Kier molecular flexibility index (Phi) is 5.30. The summed E-state index contributed by atoms with van der Waals surface area (Å²) in [7, 11) is 1.72. The molecule has 6 heteroatoms. The summed E-state index contributed by atoms with van der Waals surface area (Å²) in [6, 6.07) is 9.42. The normalized spacial score (nSPS) is 10.3. The molecule has 0 aliphatic heterocycles. The minimum absolute atomic E-state index is 0.291. The molecule has 0 bridgehead atoms. The second kappa shape index (κ2) is 7.40. The van der Waals surface area contributed by atoms with Gasteiger partial charge < -0.3 is 14.6 Å². The maximum absolute atomic E-state index is 12.7. The Morgan fingerprint density at radius 2 is 1.95 bits per heavy atom. The number of ether oxygens (including phenoxy) is 1. The number of hydrogen-bond acceptors (Lipinski definition) is 3. The molecule has 1 aromatic heterocycles. The third-order valence-corrected chi connectivity index (χ3v) is 3.14. The molecule has 0 spiro atoms. The van der Waals surface area contributed by atoms with Gasteiger partial charge in [0.05, 0.1) is 0 Å². The number of aryl methyl sites for hydroxylation is 1. The van der Waals surface area contributed by atoms with E-state index in [0.717, 1.165) is 5.56 Å². The van der Waals surface area contributed by atoms with Crippen molar-refractivity contribution in [3.05, 3.63) is 59.7 Å². The van der Waals surface area contributed by atoms with Crippen LogP contribution in [0.15, 0.2) is 42.6 Å². The van der Waals surface area contributed by atoms with Gasteiger partial charge in [-0.2, -0.15) is 0 Å². The first kappa shape index (κ1) is 15.8. The Morgan fingerprint density at radius 1 is 1.23 bits per heavy atom. The molecular weight excluding hydrogens is 287 g/mol. The van der Waals surface area contributed by atoms with E-state index in [1.165, 1.54) is 12.1 Å². The van der Waals surface area contributed by atoms with E-state index in [9.17, 15) is 14.0 Å². The summed E-state index contributed by atoms with van der Waals surface area (Å²) in [4.78, 5) is 23.3. The zero-order chi connectivity index (χ0) is 15.9. The van der Waals surface area contributed by atoms with Crippen molar-refractivity contribution in [2.45, 2.75) is 6.42 Å². The van der Waals surface area contributed by atoms with Crippen molar-refractivity contribution in [2.24, 2.45) is 7.05 Å². The topological polar surface area (TPSA) is 60.3 Å². The molecule has 0 fully saturated rings. The largest absolute Gasteiger partial charge is 0.451 e. The van der Waals surface area contributed by atoms with Gasteiger partial charge in [0.2, 0.25) is 0 Å². The van der Waals surface area contributed by atoms with Gasteiger partial charge in [-0.15, -0.1) is 0 Å². The van der Waals surface area contributed by atoms with Crippen molar-refractivity contribution < 1.29 is 18.7 Å². The number of benzene rings is 1. The molecule has 2 aromatic rings. The fourth-order valence-electron chi connectivity index (χ4n) is 1.93. The summed E-state index contributed by atoms with van der Waals surface area (Å²) in [5, 5.41) is 2.64. The molecule has 0 unspecified atom stereocenters. The van der Waals surface area contributed by atoms with Crippen LogP contribution in [0.4, 0.5) is 4.39 Å². The quantitative estimate of drug-likeness (QED) is 0.826. The van der Waals surface area contributed by atoms with Crippen LogP contribution in [-0.2, 0) is 23.0 Å². The number of carbonyl (C=O) groups excluding carboxylic acids is 2. The van der Waals surface area contributed by atoms with Crippen LogP contribution in [0.1, 0.15) is 16.1 Å². The van der Waals surface area contributed by atoms with Gasteiger partial charge in [0.25, 0.3) is 5.91 Å². The van der Waals surface area contributed by atoms with Crippen molar-refractivity contribution >= 4 is 11.9 Å². The molecule has 116 valence electrons. The summed E-state index contributed by atoms with van der Waals surface area (Å²) < 4.78 is 19.3. The molecule has 2 rings (SSSR count). The number of rotatable bonds is 6. The minimum atomic E-state index is -0.541. The van der Waals surface area contributed by atoms with Gasteiger partial charge in [-0.25, -0.2) is 9.18 Å². The molecule has 1 N–H and O–H groups in total. The van der Waals surface area contributed by atoms with E-state index >= 15 is 0 Å². The van der Waals surface area contributed by atoms with Crippen LogP contribution in [0.2, 0.25) is 0 Å². The smallest absolute Gasteiger partial charge is 0.355 e. The van der Waals surface area contributed by atoms with E-state index in [4.69, 9.17) is 4.74 Å². The second-order valence-electron chi connectivity index (χ2n) is 4.81. The van der Waals surface area contributed by atoms with Crippen molar-refractivity contribution in [2.75, 3.05) is 13.2 Å². The SMILES string of the molecule is Cn1cccc1C(=O)OCC(=O)NCCc1ccc(F)cc1. The lowest BCUT2D eigenvalue weighted by molar-refractivity contribution is -0.124. The number of esters is 1. The average Bonchev–Trinajstić information content (AvgIpc) is 2.93. The van der Waals surface area contributed by atoms with Crippen LogP contribution in [0, 0.1) is 5.82 Å². The van der Waals surface area contributed by atoms with Gasteiger partial charge in [-0.1, -0.05) is 12.1 Å². The Morgan fingerprint density at radius 3 is 2.59 bits per heavy atom. The first-order valence-corrected chi connectivity index (χ1v) is 6.86. The molecule has 0 aliphatic rings. The lowest BCUT2D eigenvalue weighted by atomic mass is 10.1. The molecule has 0 aliphatic carbocycles. The first-order chi connectivity index (χ1) is 10.6. The number of hydrogen-bond donors (Lipinski definition) is 1. The van der Waals surface area contributed by atoms with Crippen molar-refractivity contribution in [3.8, 4) is 0 Å². The lowest BCUT2D eigenvalue weighted by Crippen LogP contribution is -2.30. The number of nitrogens with one attached hydrogen (secondary N) is 1. The molecule has 1 amide bonds. The van der Waals surface area contributed by atoms with Gasteiger partial charge in [-0.3, -0.25) is 4.79 Å². The number of halogens is 1. The van der Waals surface area contributed by atoms with Crippen LogP contribution in [0.25, 0.3) is 0 Å². The summed E-state index contributed by atoms with van der Waals surface area (Å²) >= 11 is 0. The molecule has 1 heterocycles. The highest BCUT2D eigenvalue weighted by atomic mass is 19.1. The van der Waals surface area contributed by atoms with Gasteiger partial charge in [0.15, 0.2) is 6.61 Å². The van der Waals surface area contributed by atoms with Gasteiger partial charge in [0, 0.05) is 19.8 Å². The average molecular weight is 304 g/mol. The molecule has 5 nitrogen and oxygen atoms in total. The number of aromatic nitrogens is 1. The molecule has 1 aromatic carbocycles. The fourth-order valence-corrected chi connectivity index (χ4v) is 1.93. The van der Waals surface area contributed by atoms with Crippen molar-refractivity contribution in [1.29, 1.82) is 0 Å². The van der Waals surface area contributed by atoms with Gasteiger partial charge in [0.1, 0.15) is 11.5 Å². The van der Waals surface area contributed by atoms with E-state index in [2.05, 4.69) is 5.32 Å². The van der Waals surface area contributed by atoms with E-state index in [-0.39, 0.29) is 18.3 Å². The third kappa shape index (κ3) is 4.44. The van der Waals surface area contributed by atoms with E-state index < -0.39 is 5.97 Å². The van der Waals surface area contributed by atoms with Crippen LogP contribution in [0.5, 0.6) is 0 Å². The highest BCUT2D eigenvalue weighted by Gasteiger charge is 2.12. The first-order valence-electron chi connectivity index (χ1n) is 6.86. The standard InChI is InChI=1S/C16H17FN2O3/c1-19-10-2-3-14(19)16(21)22-11-15(20)18-9-8-12-4-6-13(17)7-5-12/h2-7,10H,8-9,11H2,1H3,(H,18,20). The number of nitrogens with zero attached hydrogens (tertiary/aromatic N) is 1. The van der Waals surface area contributed by atoms with E-state index in [1.807, 2.05) is 0 Å². The van der Waals surface area contributed by atoms with Crippen molar-refractivity contribution in [1.82, 2.24) is 9.88 Å². The Labute approximate surface area is 127 Å². The molecular formula is C16H17FN2O3. The Hall–Kier alpha value is -2.63. The molecule has 0 radical (unpaired) electrons. The predicted molar refractivity (Wildman–Crippen MR) is 78.8 cm³/mol. The van der Waals surface area contributed by atoms with Crippen LogP contribution >= 0.6 is 0 Å². The lowest BCUT2D eigenvalue weighted by Gasteiger charge is -2.07. The number of carbonyl (C=O) groups is 2. The molecule has 0 saturated heterocycles. The maximum Gasteiger partial charge on any atom is 0.355 e. The zero-order valence-electron chi connectivity index (χ0n) is 12.2. The van der Waals surface area contributed by atoms with Crippen LogP contribution < -0.4 is 5.32 Å². The highest BCUT2D eigenvalue weighted by Crippen LogP contribution is 2.03. The molecule has 22 heavy (non-hydrogen) atoms. The fraction of sp³-hybridized carbons (Fsp3) is 0.250. The minimum Gasteiger partial charge on any atom is -0.451 e. The summed E-state index contributed by atoms with van der Waals surface area (Å²) in [5.74, 6) is -1.20. The highest BCUT2D eigenvalue weighted by molar-refractivity contribution is 5.89. The predicted octanol–water partition coefficient (Wildman–Crippen LogP) is 1.68. The number of amides is 1.